The first-order valence-corrected chi connectivity index (χ1v) is 9.31. The van der Waals surface area contributed by atoms with Gasteiger partial charge in [-0.25, -0.2) is 9.37 Å². The van der Waals surface area contributed by atoms with Crippen molar-refractivity contribution in [1.29, 1.82) is 5.26 Å². The number of aromatic amines is 1. The molecule has 0 bridgehead atoms. The quantitative estimate of drug-likeness (QED) is 0.856. The molecule has 2 aromatic heterocycles. The molecule has 148 valence electrons. The molecule has 3 heterocycles. The van der Waals surface area contributed by atoms with Crippen LogP contribution in [-0.4, -0.2) is 62.9 Å². The maximum Gasteiger partial charge on any atom is 0.270 e. The van der Waals surface area contributed by atoms with Gasteiger partial charge in [0.2, 0.25) is 5.91 Å². The highest BCUT2D eigenvalue weighted by Crippen LogP contribution is 2.26. The molecule has 7 nitrogen and oxygen atoms in total. The molecule has 0 spiro atoms. The van der Waals surface area contributed by atoms with Crippen LogP contribution in [-0.2, 0) is 4.79 Å². The Bertz CT molecular complexity index is 894. The summed E-state index contributed by atoms with van der Waals surface area (Å²) in [6, 6.07) is 5.85. The van der Waals surface area contributed by atoms with Crippen LogP contribution in [0.3, 0.4) is 0 Å². The molecule has 0 radical (unpaired) electrons. The Morgan fingerprint density at radius 2 is 2.29 bits per heavy atom. The first-order chi connectivity index (χ1) is 13.2. The zero-order valence-electron chi connectivity index (χ0n) is 16.3. The summed E-state index contributed by atoms with van der Waals surface area (Å²) in [5.41, 5.74) is -0.806. The van der Waals surface area contributed by atoms with Gasteiger partial charge in [-0.3, -0.25) is 9.59 Å². The minimum atomic E-state index is -1.65. The van der Waals surface area contributed by atoms with E-state index in [0.717, 1.165) is 11.8 Å². The average molecular weight is 385 g/mol. The van der Waals surface area contributed by atoms with Gasteiger partial charge in [0.15, 0.2) is 0 Å². The highest BCUT2D eigenvalue weighted by Gasteiger charge is 2.39. The van der Waals surface area contributed by atoms with E-state index in [4.69, 9.17) is 0 Å². The lowest BCUT2D eigenvalue weighted by molar-refractivity contribution is -0.137. The molecule has 1 aliphatic heterocycles. The summed E-state index contributed by atoms with van der Waals surface area (Å²) in [5, 5.41) is 10.1. The Labute approximate surface area is 163 Å². The molecule has 2 amide bonds. The van der Waals surface area contributed by atoms with E-state index in [0.29, 0.717) is 18.6 Å². The number of nitrogens with one attached hydrogen (secondary N) is 1. The summed E-state index contributed by atoms with van der Waals surface area (Å²) in [4.78, 5) is 36.0. The summed E-state index contributed by atoms with van der Waals surface area (Å²) < 4.78 is 14.5. The number of carbonyl (C=O) groups is 2. The summed E-state index contributed by atoms with van der Waals surface area (Å²) >= 11 is 0. The first kappa shape index (κ1) is 19.8. The molecule has 1 saturated heterocycles. The van der Waals surface area contributed by atoms with Crippen molar-refractivity contribution in [1.82, 2.24) is 19.8 Å². The van der Waals surface area contributed by atoms with Crippen LogP contribution < -0.4 is 0 Å². The lowest BCUT2D eigenvalue weighted by Gasteiger charge is -2.34. The molecule has 8 heteroatoms. The minimum absolute atomic E-state index is 0.152. The zero-order valence-corrected chi connectivity index (χ0v) is 16.3. The number of hydrogen-bond donors (Lipinski definition) is 1. The number of alkyl halides is 1. The van der Waals surface area contributed by atoms with Gasteiger partial charge in [-0.1, -0.05) is 0 Å². The van der Waals surface area contributed by atoms with Crippen LogP contribution in [0.2, 0.25) is 0 Å². The van der Waals surface area contributed by atoms with Crippen LogP contribution >= 0.6 is 0 Å². The van der Waals surface area contributed by atoms with E-state index < -0.39 is 23.7 Å². The van der Waals surface area contributed by atoms with Crippen LogP contribution in [0.25, 0.3) is 11.0 Å². The number of amides is 2. The highest BCUT2D eigenvalue weighted by molar-refractivity contribution is 5.99. The SMILES string of the molecule is CN(C(=O)c1cc2cccnc2[nH]1)C(CC(C)(C)F)C(=O)N1CCCC1C#N. The van der Waals surface area contributed by atoms with Gasteiger partial charge in [0.25, 0.3) is 5.91 Å². The van der Waals surface area contributed by atoms with Crippen molar-refractivity contribution in [3.05, 3.63) is 30.1 Å². The monoisotopic (exact) mass is 385 g/mol. The lowest BCUT2D eigenvalue weighted by Crippen LogP contribution is -2.52. The molecule has 0 saturated carbocycles. The Morgan fingerprint density at radius 3 is 2.93 bits per heavy atom. The standard InChI is InChI=1S/C20H24FN5O2/c1-20(2,21)11-16(19(28)26-9-5-7-14(26)12-22)25(3)18(27)15-10-13-6-4-8-23-17(13)24-15/h4,6,8,10,14,16H,5,7,9,11H2,1-3H3,(H,23,24). The molecule has 0 aromatic carbocycles. The molecule has 1 aliphatic rings. The van der Waals surface area contributed by atoms with Crippen LogP contribution in [0.1, 0.15) is 43.6 Å². The van der Waals surface area contributed by atoms with E-state index in [1.165, 1.54) is 30.7 Å². The number of carbonyl (C=O) groups excluding carboxylic acids is 2. The fraction of sp³-hybridized carbons (Fsp3) is 0.500. The number of hydrogen-bond acceptors (Lipinski definition) is 4. The predicted octanol–water partition coefficient (Wildman–Crippen LogP) is 2.66. The van der Waals surface area contributed by atoms with E-state index >= 15 is 0 Å². The van der Waals surface area contributed by atoms with Crippen molar-refractivity contribution in [3.8, 4) is 6.07 Å². The van der Waals surface area contributed by atoms with E-state index in [2.05, 4.69) is 16.0 Å². The molecule has 28 heavy (non-hydrogen) atoms. The average Bonchev–Trinajstić information content (AvgIpc) is 3.29. The fourth-order valence-corrected chi connectivity index (χ4v) is 3.61. The van der Waals surface area contributed by atoms with Crippen molar-refractivity contribution < 1.29 is 14.0 Å². The molecule has 0 aliphatic carbocycles. The number of rotatable bonds is 5. The summed E-state index contributed by atoms with van der Waals surface area (Å²) in [6.45, 7) is 3.20. The number of pyridine rings is 1. The Balaban J connectivity index is 1.89. The molecule has 1 fully saturated rings. The lowest BCUT2D eigenvalue weighted by atomic mass is 9.98. The third kappa shape index (κ3) is 3.98. The third-order valence-electron chi connectivity index (χ3n) is 5.06. The minimum Gasteiger partial charge on any atom is -0.335 e. The Morgan fingerprint density at radius 1 is 1.54 bits per heavy atom. The van der Waals surface area contributed by atoms with Crippen LogP contribution in [0.5, 0.6) is 0 Å². The van der Waals surface area contributed by atoms with Gasteiger partial charge >= 0.3 is 0 Å². The number of halogens is 1. The summed E-state index contributed by atoms with van der Waals surface area (Å²) in [6.07, 6.45) is 2.78. The Kier molecular flexibility index (Phi) is 5.36. The van der Waals surface area contributed by atoms with E-state index in [1.54, 1.807) is 18.3 Å². The maximum atomic E-state index is 14.5. The molecular formula is C20H24FN5O2. The number of likely N-dealkylation sites (N-methyl/N-ethyl adjacent to an activating group) is 1. The number of nitriles is 1. The van der Waals surface area contributed by atoms with Gasteiger partial charge in [-0.15, -0.1) is 0 Å². The van der Waals surface area contributed by atoms with E-state index in [1.807, 2.05) is 6.07 Å². The second kappa shape index (κ2) is 7.58. The number of aromatic nitrogens is 2. The molecule has 3 rings (SSSR count). The molecule has 2 unspecified atom stereocenters. The molecule has 1 N–H and O–H groups in total. The second-order valence-electron chi connectivity index (χ2n) is 7.80. The summed E-state index contributed by atoms with van der Waals surface area (Å²) in [7, 11) is 1.49. The normalized spacial score (nSPS) is 18.1. The maximum absolute atomic E-state index is 14.5. The summed E-state index contributed by atoms with van der Waals surface area (Å²) in [5.74, 6) is -0.812. The zero-order chi connectivity index (χ0) is 20.5. The Hall–Kier alpha value is -2.95. The molecule has 2 aromatic rings. The van der Waals surface area contributed by atoms with Crippen LogP contribution in [0.15, 0.2) is 24.4 Å². The van der Waals surface area contributed by atoms with Gasteiger partial charge in [0.1, 0.15) is 29.1 Å². The number of likely N-dealkylation sites (tertiary alicyclic amines) is 1. The molecule has 2 atom stereocenters. The second-order valence-corrected chi connectivity index (χ2v) is 7.80. The fourth-order valence-electron chi connectivity index (χ4n) is 3.61. The smallest absolute Gasteiger partial charge is 0.270 e. The number of nitrogens with zero attached hydrogens (tertiary/aromatic N) is 4. The number of H-pyrrole nitrogens is 1. The van der Waals surface area contributed by atoms with Crippen molar-refractivity contribution in [3.63, 3.8) is 0 Å². The molecular weight excluding hydrogens is 361 g/mol. The van der Waals surface area contributed by atoms with Crippen molar-refractivity contribution in [2.24, 2.45) is 0 Å². The van der Waals surface area contributed by atoms with E-state index in [9.17, 15) is 19.2 Å². The third-order valence-corrected chi connectivity index (χ3v) is 5.06. The highest BCUT2D eigenvalue weighted by atomic mass is 19.1. The predicted molar refractivity (Wildman–Crippen MR) is 102 cm³/mol. The topological polar surface area (TPSA) is 93.1 Å². The largest absolute Gasteiger partial charge is 0.335 e. The van der Waals surface area contributed by atoms with Gasteiger partial charge in [0, 0.05) is 31.6 Å². The van der Waals surface area contributed by atoms with Gasteiger partial charge < -0.3 is 14.8 Å². The van der Waals surface area contributed by atoms with Crippen molar-refractivity contribution in [2.45, 2.75) is 50.9 Å². The number of fused-ring (bicyclic) bond motifs is 1. The van der Waals surface area contributed by atoms with Crippen LogP contribution in [0, 0.1) is 11.3 Å². The van der Waals surface area contributed by atoms with Crippen LogP contribution in [0.4, 0.5) is 4.39 Å². The van der Waals surface area contributed by atoms with Gasteiger partial charge in [0.05, 0.1) is 6.07 Å². The van der Waals surface area contributed by atoms with Crippen molar-refractivity contribution >= 4 is 22.8 Å². The van der Waals surface area contributed by atoms with E-state index in [-0.39, 0.29) is 18.0 Å². The first-order valence-electron chi connectivity index (χ1n) is 9.31. The van der Waals surface area contributed by atoms with Crippen molar-refractivity contribution in [2.75, 3.05) is 13.6 Å². The van der Waals surface area contributed by atoms with Gasteiger partial charge in [-0.2, -0.15) is 5.26 Å². The van der Waals surface area contributed by atoms with Gasteiger partial charge in [-0.05, 0) is 44.9 Å².